The van der Waals surface area contributed by atoms with E-state index >= 15 is 0 Å². The number of rotatable bonds is 4. The van der Waals surface area contributed by atoms with Gasteiger partial charge in [0.25, 0.3) is 0 Å². The van der Waals surface area contributed by atoms with Crippen LogP contribution in [0.15, 0.2) is 20.3 Å². The first-order chi connectivity index (χ1) is 10.3. The van der Waals surface area contributed by atoms with E-state index in [9.17, 15) is 19.8 Å². The number of fused-ring (bicyclic) bond motifs is 1. The van der Waals surface area contributed by atoms with Crippen molar-refractivity contribution in [2.24, 2.45) is 11.8 Å². The van der Waals surface area contributed by atoms with Crippen molar-refractivity contribution in [3.05, 3.63) is 21.7 Å². The molecular formula is C14H16N2O4S2. The highest BCUT2D eigenvalue weighted by Gasteiger charge is 2.60. The van der Waals surface area contributed by atoms with E-state index in [4.69, 9.17) is 0 Å². The van der Waals surface area contributed by atoms with Crippen LogP contribution in [0.3, 0.4) is 0 Å². The number of hydrogen-bond acceptors (Lipinski definition) is 6. The van der Waals surface area contributed by atoms with Crippen LogP contribution in [0.4, 0.5) is 0 Å². The minimum absolute atomic E-state index is 0.0391. The average molecular weight is 340 g/mol. The lowest BCUT2D eigenvalue weighted by atomic mass is 9.79. The molecule has 3 rings (SSSR count). The zero-order chi connectivity index (χ0) is 16.2. The number of hydrogen-bond donors (Lipinski definition) is 2. The van der Waals surface area contributed by atoms with Gasteiger partial charge in [-0.1, -0.05) is 18.7 Å². The third kappa shape index (κ3) is 2.17. The summed E-state index contributed by atoms with van der Waals surface area (Å²) < 4.78 is 0.765. The quantitative estimate of drug-likeness (QED) is 0.811. The molecule has 1 fully saturated rings. The van der Waals surface area contributed by atoms with Crippen LogP contribution in [-0.4, -0.2) is 44.1 Å². The first-order valence-corrected chi connectivity index (χ1v) is 8.61. The molecule has 1 aromatic heterocycles. The van der Waals surface area contributed by atoms with Crippen LogP contribution in [0.1, 0.15) is 19.5 Å². The Morgan fingerprint density at radius 1 is 1.55 bits per heavy atom. The molecule has 0 aliphatic carbocycles. The molecule has 0 aromatic carbocycles. The number of carbonyl (C=O) groups excluding carboxylic acids is 1. The summed E-state index contributed by atoms with van der Waals surface area (Å²) in [6.07, 6.45) is -0.780. The maximum absolute atomic E-state index is 12.2. The van der Waals surface area contributed by atoms with Gasteiger partial charge >= 0.3 is 5.97 Å². The normalized spacial score (nSPS) is 28.6. The van der Waals surface area contributed by atoms with Gasteiger partial charge in [0.05, 0.1) is 18.1 Å². The van der Waals surface area contributed by atoms with Gasteiger partial charge in [0.1, 0.15) is 5.70 Å². The standard InChI is InChI=1S/C14H16N2O4S2/c1-5-4-21-14(15-5)22-11-6(2)9-8(7(3)17)12(18)16(9)10(11)13(19)20/h4,6-9,17H,1-3H3,(H,19,20)/t6-,7?,8-,9-/m1/s1. The number of thiazole rings is 1. The summed E-state index contributed by atoms with van der Waals surface area (Å²) >= 11 is 2.77. The topological polar surface area (TPSA) is 90.7 Å². The number of β-lactam (4-membered cyclic amide) rings is 1. The van der Waals surface area contributed by atoms with Gasteiger partial charge in [-0.05, 0) is 13.8 Å². The molecule has 4 atom stereocenters. The number of thioether (sulfide) groups is 1. The van der Waals surface area contributed by atoms with E-state index in [1.165, 1.54) is 28.0 Å². The Morgan fingerprint density at radius 2 is 2.23 bits per heavy atom. The second-order valence-corrected chi connectivity index (χ2v) is 7.78. The summed E-state index contributed by atoms with van der Waals surface area (Å²) in [4.78, 5) is 30.1. The van der Waals surface area contributed by atoms with E-state index in [2.05, 4.69) is 4.98 Å². The number of carboxylic acid groups (broad SMARTS) is 1. The van der Waals surface area contributed by atoms with E-state index in [0.717, 1.165) is 10.0 Å². The number of aliphatic hydroxyl groups excluding tert-OH is 1. The van der Waals surface area contributed by atoms with Crippen molar-refractivity contribution in [1.29, 1.82) is 0 Å². The Morgan fingerprint density at radius 3 is 2.73 bits per heavy atom. The number of carbonyl (C=O) groups is 2. The smallest absolute Gasteiger partial charge is 0.353 e. The number of nitrogens with zero attached hydrogens (tertiary/aromatic N) is 2. The summed E-state index contributed by atoms with van der Waals surface area (Å²) in [7, 11) is 0. The summed E-state index contributed by atoms with van der Waals surface area (Å²) in [5, 5.41) is 21.2. The molecule has 0 bridgehead atoms. The van der Waals surface area contributed by atoms with Crippen molar-refractivity contribution >= 4 is 35.0 Å². The zero-order valence-electron chi connectivity index (χ0n) is 12.3. The summed E-state index contributed by atoms with van der Waals surface area (Å²) in [6.45, 7) is 5.35. The monoisotopic (exact) mass is 340 g/mol. The Bertz CT molecular complexity index is 682. The Kier molecular flexibility index (Phi) is 3.78. The molecule has 1 unspecified atom stereocenters. The first kappa shape index (κ1) is 15.5. The van der Waals surface area contributed by atoms with Gasteiger partial charge in [-0.25, -0.2) is 9.78 Å². The van der Waals surface area contributed by atoms with Gasteiger partial charge in [0.2, 0.25) is 5.91 Å². The highest BCUT2D eigenvalue weighted by atomic mass is 32.2. The lowest BCUT2D eigenvalue weighted by Gasteiger charge is -2.46. The van der Waals surface area contributed by atoms with Crippen LogP contribution in [0.25, 0.3) is 0 Å². The van der Waals surface area contributed by atoms with Gasteiger partial charge in [-0.15, -0.1) is 11.3 Å². The summed E-state index contributed by atoms with van der Waals surface area (Å²) in [5.74, 6) is -2.07. The van der Waals surface area contributed by atoms with Crippen LogP contribution in [0.2, 0.25) is 0 Å². The average Bonchev–Trinajstić information content (AvgIpc) is 2.92. The van der Waals surface area contributed by atoms with Crippen molar-refractivity contribution in [2.45, 2.75) is 37.3 Å². The van der Waals surface area contributed by atoms with Gasteiger partial charge in [0, 0.05) is 21.9 Å². The Balaban J connectivity index is 1.97. The zero-order valence-corrected chi connectivity index (χ0v) is 13.9. The van der Waals surface area contributed by atoms with Crippen molar-refractivity contribution in [1.82, 2.24) is 9.88 Å². The molecule has 1 amide bonds. The predicted molar refractivity (Wildman–Crippen MR) is 82.3 cm³/mol. The van der Waals surface area contributed by atoms with Crippen LogP contribution in [-0.2, 0) is 9.59 Å². The van der Waals surface area contributed by atoms with Crippen LogP contribution < -0.4 is 0 Å². The molecule has 118 valence electrons. The highest BCUT2D eigenvalue weighted by molar-refractivity contribution is 8.04. The molecule has 2 aliphatic rings. The fourth-order valence-electron chi connectivity index (χ4n) is 3.13. The number of aryl methyl sites for hydroxylation is 1. The molecule has 1 saturated heterocycles. The molecular weight excluding hydrogens is 324 g/mol. The molecule has 8 heteroatoms. The minimum Gasteiger partial charge on any atom is -0.477 e. The van der Waals surface area contributed by atoms with E-state index in [1.54, 1.807) is 6.92 Å². The summed E-state index contributed by atoms with van der Waals surface area (Å²) in [5.41, 5.74) is 0.925. The molecule has 0 radical (unpaired) electrons. The number of amides is 1. The number of aromatic nitrogens is 1. The van der Waals surface area contributed by atoms with Crippen molar-refractivity contribution in [2.75, 3.05) is 0 Å². The Labute approximate surface area is 135 Å². The second kappa shape index (κ2) is 5.36. The maximum atomic E-state index is 12.2. The number of carboxylic acids is 1. The SMILES string of the molecule is Cc1csc(SC2=C(C(=O)O)N3C(=O)[C@H](C(C)O)[C@H]3[C@H]2C)n1. The van der Waals surface area contributed by atoms with Gasteiger partial charge in [-0.3, -0.25) is 4.79 Å². The van der Waals surface area contributed by atoms with Gasteiger partial charge < -0.3 is 15.1 Å². The predicted octanol–water partition coefficient (Wildman–Crippen LogP) is 1.70. The van der Waals surface area contributed by atoms with Gasteiger partial charge in [0.15, 0.2) is 4.34 Å². The molecule has 0 spiro atoms. The molecule has 0 saturated carbocycles. The fourth-order valence-corrected chi connectivity index (χ4v) is 5.24. The number of aliphatic hydroxyl groups is 1. The van der Waals surface area contributed by atoms with Gasteiger partial charge in [-0.2, -0.15) is 0 Å². The van der Waals surface area contributed by atoms with Crippen LogP contribution in [0.5, 0.6) is 0 Å². The minimum atomic E-state index is -1.11. The molecule has 2 aliphatic heterocycles. The van der Waals surface area contributed by atoms with E-state index in [-0.39, 0.29) is 23.6 Å². The first-order valence-electron chi connectivity index (χ1n) is 6.91. The van der Waals surface area contributed by atoms with E-state index < -0.39 is 18.0 Å². The maximum Gasteiger partial charge on any atom is 0.353 e. The Hall–Kier alpha value is -1.38. The van der Waals surface area contributed by atoms with Crippen LogP contribution >= 0.6 is 23.1 Å². The van der Waals surface area contributed by atoms with Crippen molar-refractivity contribution < 1.29 is 19.8 Å². The third-order valence-electron chi connectivity index (χ3n) is 4.11. The summed E-state index contributed by atoms with van der Waals surface area (Å²) in [6, 6.07) is -0.276. The molecule has 1 aromatic rings. The lowest BCUT2D eigenvalue weighted by molar-refractivity contribution is -0.163. The molecule has 3 heterocycles. The molecule has 22 heavy (non-hydrogen) atoms. The van der Waals surface area contributed by atoms with Crippen molar-refractivity contribution in [3.63, 3.8) is 0 Å². The lowest BCUT2D eigenvalue weighted by Crippen LogP contribution is -2.63. The van der Waals surface area contributed by atoms with E-state index in [1.807, 2.05) is 19.2 Å². The van der Waals surface area contributed by atoms with E-state index in [0.29, 0.717) is 4.91 Å². The highest BCUT2D eigenvalue weighted by Crippen LogP contribution is 2.52. The second-order valence-electron chi connectivity index (χ2n) is 5.63. The largest absolute Gasteiger partial charge is 0.477 e. The number of aliphatic carboxylic acids is 1. The molecule has 2 N–H and O–H groups in total. The fraction of sp³-hybridized carbons (Fsp3) is 0.500. The third-order valence-corrected chi connectivity index (χ3v) is 6.45. The van der Waals surface area contributed by atoms with Crippen molar-refractivity contribution in [3.8, 4) is 0 Å². The van der Waals surface area contributed by atoms with Crippen LogP contribution in [0, 0.1) is 18.8 Å². The molecule has 6 nitrogen and oxygen atoms in total.